The summed E-state index contributed by atoms with van der Waals surface area (Å²) < 4.78 is 11.2. The minimum atomic E-state index is -0.863. The average molecular weight is 371 g/mol. The van der Waals surface area contributed by atoms with Gasteiger partial charge >= 0.3 is 5.97 Å². The van der Waals surface area contributed by atoms with E-state index in [4.69, 9.17) is 14.6 Å². The summed E-state index contributed by atoms with van der Waals surface area (Å²) in [6, 6.07) is 12.8. The van der Waals surface area contributed by atoms with Gasteiger partial charge in [-0.15, -0.1) is 0 Å². The van der Waals surface area contributed by atoms with E-state index in [1.54, 1.807) is 12.1 Å². The third kappa shape index (κ3) is 7.01. The Kier molecular flexibility index (Phi) is 7.67. The molecule has 0 unspecified atom stereocenters. The lowest BCUT2D eigenvalue weighted by Gasteiger charge is -2.14. The molecule has 2 aromatic carbocycles. The van der Waals surface area contributed by atoms with Gasteiger partial charge in [0.1, 0.15) is 11.5 Å². The van der Waals surface area contributed by atoms with Gasteiger partial charge in [0.05, 0.1) is 12.3 Å². The molecule has 0 aliphatic heterocycles. The molecule has 0 fully saturated rings. The summed E-state index contributed by atoms with van der Waals surface area (Å²) >= 11 is 0. The van der Waals surface area contributed by atoms with Gasteiger partial charge < -0.3 is 19.9 Å². The fourth-order valence-corrected chi connectivity index (χ4v) is 2.39. The molecule has 144 valence electrons. The van der Waals surface area contributed by atoms with Gasteiger partial charge in [-0.2, -0.15) is 0 Å². The van der Waals surface area contributed by atoms with Crippen molar-refractivity contribution in [1.82, 2.24) is 0 Å². The fourth-order valence-electron chi connectivity index (χ4n) is 2.39. The molecule has 0 bridgehead atoms. The molecule has 0 radical (unpaired) electrons. The Hall–Kier alpha value is -3.02. The average Bonchev–Trinajstić information content (AvgIpc) is 2.65. The first-order valence-electron chi connectivity index (χ1n) is 8.94. The van der Waals surface area contributed by atoms with Crippen molar-refractivity contribution < 1.29 is 24.2 Å². The predicted molar refractivity (Wildman–Crippen MR) is 103 cm³/mol. The maximum absolute atomic E-state index is 12.3. The quantitative estimate of drug-likeness (QED) is 0.663. The van der Waals surface area contributed by atoms with Crippen LogP contribution in [0, 0.1) is 6.92 Å². The first kappa shape index (κ1) is 20.3. The van der Waals surface area contributed by atoms with Crippen LogP contribution < -0.4 is 14.8 Å². The Morgan fingerprint density at radius 3 is 2.48 bits per heavy atom. The fraction of sp³-hybridized carbons (Fsp3) is 0.333. The minimum absolute atomic E-state index is 0.0269. The van der Waals surface area contributed by atoms with Gasteiger partial charge in [0.25, 0.3) is 5.91 Å². The normalized spacial score (nSPS) is 10.3. The molecule has 0 atom stereocenters. The molecule has 1 amide bonds. The standard InChI is InChI=1S/C21H25NO5/c1-3-12-26-19-10-6-16(7-11-21(24)25)13-18(19)22-20(23)14-27-17-8-4-15(2)5-9-17/h4-6,8-10,13H,3,7,11-12,14H2,1-2H3,(H,22,23)(H,24,25). The van der Waals surface area contributed by atoms with Crippen molar-refractivity contribution in [3.63, 3.8) is 0 Å². The van der Waals surface area contributed by atoms with Crippen molar-refractivity contribution in [2.45, 2.75) is 33.1 Å². The SMILES string of the molecule is CCCOc1ccc(CCC(=O)O)cc1NC(=O)COc1ccc(C)cc1. The van der Waals surface area contributed by atoms with Crippen molar-refractivity contribution in [3.05, 3.63) is 53.6 Å². The molecule has 0 saturated heterocycles. The summed E-state index contributed by atoms with van der Waals surface area (Å²) in [5, 5.41) is 11.6. The van der Waals surface area contributed by atoms with Crippen LogP contribution in [0.4, 0.5) is 5.69 Å². The Bertz CT molecular complexity index is 771. The summed E-state index contributed by atoms with van der Waals surface area (Å²) in [5.41, 5.74) is 2.45. The molecule has 0 aromatic heterocycles. The third-order valence-corrected chi connectivity index (χ3v) is 3.80. The first-order chi connectivity index (χ1) is 13.0. The van der Waals surface area contributed by atoms with Gasteiger partial charge in [-0.1, -0.05) is 30.7 Å². The predicted octanol–water partition coefficient (Wildman–Crippen LogP) is 3.82. The Morgan fingerprint density at radius 2 is 1.81 bits per heavy atom. The number of hydrogen-bond donors (Lipinski definition) is 2. The molecular formula is C21H25NO5. The molecule has 0 aliphatic rings. The van der Waals surface area contributed by atoms with E-state index in [2.05, 4.69) is 5.32 Å². The largest absolute Gasteiger partial charge is 0.491 e. The summed E-state index contributed by atoms with van der Waals surface area (Å²) in [5.74, 6) is -0.00118. The first-order valence-corrected chi connectivity index (χ1v) is 8.94. The molecule has 0 spiro atoms. The van der Waals surface area contributed by atoms with E-state index in [0.29, 0.717) is 30.2 Å². The summed E-state index contributed by atoms with van der Waals surface area (Å²) in [6.45, 7) is 4.37. The number of nitrogens with one attached hydrogen (secondary N) is 1. The highest BCUT2D eigenvalue weighted by Gasteiger charge is 2.11. The highest BCUT2D eigenvalue weighted by atomic mass is 16.5. The Balaban J connectivity index is 2.03. The second kappa shape index (κ2) is 10.2. The molecule has 2 aromatic rings. The van der Waals surface area contributed by atoms with E-state index in [-0.39, 0.29) is 18.9 Å². The molecular weight excluding hydrogens is 346 g/mol. The van der Waals surface area contributed by atoms with Gasteiger partial charge in [0.15, 0.2) is 6.61 Å². The third-order valence-electron chi connectivity index (χ3n) is 3.80. The molecule has 6 nitrogen and oxygen atoms in total. The number of ether oxygens (including phenoxy) is 2. The molecule has 2 rings (SSSR count). The zero-order chi connectivity index (χ0) is 19.6. The molecule has 6 heteroatoms. The van der Waals surface area contributed by atoms with Crippen LogP contribution in [-0.2, 0) is 16.0 Å². The van der Waals surface area contributed by atoms with Crippen LogP contribution in [0.15, 0.2) is 42.5 Å². The van der Waals surface area contributed by atoms with E-state index in [0.717, 1.165) is 17.5 Å². The lowest BCUT2D eigenvalue weighted by Crippen LogP contribution is -2.20. The van der Waals surface area contributed by atoms with Crippen molar-refractivity contribution in [2.24, 2.45) is 0 Å². The highest BCUT2D eigenvalue weighted by molar-refractivity contribution is 5.93. The van der Waals surface area contributed by atoms with Crippen LogP contribution in [0.5, 0.6) is 11.5 Å². The zero-order valence-corrected chi connectivity index (χ0v) is 15.7. The summed E-state index contributed by atoms with van der Waals surface area (Å²) in [4.78, 5) is 23.0. The topological polar surface area (TPSA) is 84.9 Å². The van der Waals surface area contributed by atoms with E-state index in [1.807, 2.05) is 44.2 Å². The smallest absolute Gasteiger partial charge is 0.303 e. The molecule has 27 heavy (non-hydrogen) atoms. The molecule has 2 N–H and O–H groups in total. The monoisotopic (exact) mass is 371 g/mol. The van der Waals surface area contributed by atoms with Gasteiger partial charge in [0.2, 0.25) is 0 Å². The number of rotatable bonds is 10. The van der Waals surface area contributed by atoms with Crippen LogP contribution in [0.25, 0.3) is 0 Å². The van der Waals surface area contributed by atoms with Crippen molar-refractivity contribution in [1.29, 1.82) is 0 Å². The van der Waals surface area contributed by atoms with E-state index < -0.39 is 5.97 Å². The number of amides is 1. The lowest BCUT2D eigenvalue weighted by atomic mass is 10.1. The maximum atomic E-state index is 12.3. The number of carbonyl (C=O) groups excluding carboxylic acids is 1. The number of hydrogen-bond acceptors (Lipinski definition) is 4. The maximum Gasteiger partial charge on any atom is 0.303 e. The number of carboxylic acids is 1. The van der Waals surface area contributed by atoms with Crippen molar-refractivity contribution in [3.8, 4) is 11.5 Å². The van der Waals surface area contributed by atoms with Crippen LogP contribution in [0.2, 0.25) is 0 Å². The van der Waals surface area contributed by atoms with E-state index in [1.165, 1.54) is 0 Å². The van der Waals surface area contributed by atoms with E-state index >= 15 is 0 Å². The number of carbonyl (C=O) groups is 2. The molecule has 0 heterocycles. The second-order valence-electron chi connectivity index (χ2n) is 6.22. The number of carboxylic acid groups (broad SMARTS) is 1. The number of anilines is 1. The van der Waals surface area contributed by atoms with Crippen molar-refractivity contribution >= 4 is 17.6 Å². The van der Waals surface area contributed by atoms with Crippen LogP contribution in [0.1, 0.15) is 30.9 Å². The lowest BCUT2D eigenvalue weighted by molar-refractivity contribution is -0.137. The Morgan fingerprint density at radius 1 is 1.07 bits per heavy atom. The number of aliphatic carboxylic acids is 1. The summed E-state index contributed by atoms with van der Waals surface area (Å²) in [7, 11) is 0. The number of aryl methyl sites for hydroxylation is 2. The Labute approximate surface area is 159 Å². The van der Waals surface area contributed by atoms with Gasteiger partial charge in [-0.3, -0.25) is 9.59 Å². The number of benzene rings is 2. The van der Waals surface area contributed by atoms with Crippen LogP contribution in [-0.4, -0.2) is 30.2 Å². The zero-order valence-electron chi connectivity index (χ0n) is 15.7. The van der Waals surface area contributed by atoms with Crippen LogP contribution >= 0.6 is 0 Å². The van der Waals surface area contributed by atoms with Gasteiger partial charge in [0, 0.05) is 6.42 Å². The van der Waals surface area contributed by atoms with Crippen LogP contribution in [0.3, 0.4) is 0 Å². The summed E-state index contributed by atoms with van der Waals surface area (Å²) in [6.07, 6.45) is 1.25. The minimum Gasteiger partial charge on any atom is -0.491 e. The van der Waals surface area contributed by atoms with Gasteiger partial charge in [-0.05, 0) is 49.6 Å². The molecule has 0 saturated carbocycles. The van der Waals surface area contributed by atoms with Crippen molar-refractivity contribution in [2.75, 3.05) is 18.5 Å². The second-order valence-corrected chi connectivity index (χ2v) is 6.22. The van der Waals surface area contributed by atoms with Gasteiger partial charge in [-0.25, -0.2) is 0 Å². The molecule has 0 aliphatic carbocycles. The highest BCUT2D eigenvalue weighted by Crippen LogP contribution is 2.27. The van der Waals surface area contributed by atoms with E-state index in [9.17, 15) is 9.59 Å².